The van der Waals surface area contributed by atoms with Crippen molar-refractivity contribution in [3.8, 4) is 0 Å². The summed E-state index contributed by atoms with van der Waals surface area (Å²) >= 11 is 0. The number of hydrogen-bond donors (Lipinski definition) is 3. The lowest BCUT2D eigenvalue weighted by Gasteiger charge is -2.22. The van der Waals surface area contributed by atoms with Gasteiger partial charge >= 0.3 is 0 Å². The Morgan fingerprint density at radius 3 is 2.29 bits per heavy atom. The standard InChI is InChI=1S/C14H23N3O3S/c1-4-10(5-2)9(3)17-21(19,20)13-7-6-11(14(16)18)8-12(13)15/h6-10,17H,4-5,15H2,1-3H3,(H2,16,18). The Labute approximate surface area is 126 Å². The van der Waals surface area contributed by atoms with Crippen molar-refractivity contribution in [1.82, 2.24) is 4.72 Å². The first-order valence-corrected chi connectivity index (χ1v) is 8.42. The highest BCUT2D eigenvalue weighted by molar-refractivity contribution is 7.89. The van der Waals surface area contributed by atoms with Gasteiger partial charge in [0.1, 0.15) is 4.90 Å². The largest absolute Gasteiger partial charge is 0.398 e. The molecule has 7 heteroatoms. The van der Waals surface area contributed by atoms with E-state index in [1.807, 2.05) is 20.8 Å². The van der Waals surface area contributed by atoms with Gasteiger partial charge in [0, 0.05) is 11.6 Å². The number of primary amides is 1. The maximum absolute atomic E-state index is 12.4. The van der Waals surface area contributed by atoms with Gasteiger partial charge in [0.15, 0.2) is 0 Å². The predicted octanol–water partition coefficient (Wildman–Crippen LogP) is 1.47. The summed E-state index contributed by atoms with van der Waals surface area (Å²) in [6, 6.07) is 3.74. The van der Waals surface area contributed by atoms with E-state index in [-0.39, 0.29) is 28.1 Å². The summed E-state index contributed by atoms with van der Waals surface area (Å²) in [5.41, 5.74) is 11.1. The number of benzene rings is 1. The second kappa shape index (κ2) is 6.91. The van der Waals surface area contributed by atoms with E-state index in [4.69, 9.17) is 11.5 Å². The van der Waals surface area contributed by atoms with Gasteiger partial charge in [0.2, 0.25) is 15.9 Å². The highest BCUT2D eigenvalue weighted by Gasteiger charge is 2.24. The monoisotopic (exact) mass is 313 g/mol. The van der Waals surface area contributed by atoms with Gasteiger partial charge in [0.05, 0.1) is 5.69 Å². The number of nitrogens with one attached hydrogen (secondary N) is 1. The Kier molecular flexibility index (Phi) is 5.74. The highest BCUT2D eigenvalue weighted by atomic mass is 32.2. The normalized spacial score (nSPS) is 13.3. The van der Waals surface area contributed by atoms with Gasteiger partial charge in [-0.25, -0.2) is 13.1 Å². The van der Waals surface area contributed by atoms with E-state index in [1.54, 1.807) is 0 Å². The molecule has 1 atom stereocenters. The number of rotatable bonds is 7. The average Bonchev–Trinajstić information content (AvgIpc) is 2.38. The summed E-state index contributed by atoms with van der Waals surface area (Å²) in [6.07, 6.45) is 1.77. The molecule has 0 fully saturated rings. The molecule has 0 aliphatic carbocycles. The van der Waals surface area contributed by atoms with Crippen molar-refractivity contribution in [2.75, 3.05) is 5.73 Å². The molecular formula is C14H23N3O3S. The van der Waals surface area contributed by atoms with Crippen LogP contribution < -0.4 is 16.2 Å². The van der Waals surface area contributed by atoms with E-state index in [0.717, 1.165) is 12.8 Å². The van der Waals surface area contributed by atoms with Crippen LogP contribution in [0.5, 0.6) is 0 Å². The Morgan fingerprint density at radius 1 is 1.29 bits per heavy atom. The van der Waals surface area contributed by atoms with Gasteiger partial charge < -0.3 is 11.5 Å². The van der Waals surface area contributed by atoms with Crippen LogP contribution in [-0.2, 0) is 10.0 Å². The molecule has 5 N–H and O–H groups in total. The third kappa shape index (κ3) is 4.18. The molecule has 0 bridgehead atoms. The maximum atomic E-state index is 12.4. The van der Waals surface area contributed by atoms with Crippen LogP contribution in [0.4, 0.5) is 5.69 Å². The minimum atomic E-state index is -3.72. The van der Waals surface area contributed by atoms with Gasteiger partial charge in [-0.15, -0.1) is 0 Å². The van der Waals surface area contributed by atoms with Crippen molar-refractivity contribution in [2.45, 2.75) is 44.6 Å². The third-order valence-electron chi connectivity index (χ3n) is 3.68. The molecule has 1 unspecified atom stereocenters. The maximum Gasteiger partial charge on any atom is 0.248 e. The first-order valence-electron chi connectivity index (χ1n) is 6.94. The summed E-state index contributed by atoms with van der Waals surface area (Å²) in [5, 5.41) is 0. The molecule has 0 aromatic heterocycles. The molecule has 1 amide bonds. The molecule has 0 radical (unpaired) electrons. The van der Waals surface area contributed by atoms with Crippen LogP contribution in [0, 0.1) is 5.92 Å². The number of carbonyl (C=O) groups excluding carboxylic acids is 1. The minimum absolute atomic E-state index is 0.00977. The van der Waals surface area contributed by atoms with E-state index in [0.29, 0.717) is 0 Å². The number of nitrogen functional groups attached to an aromatic ring is 1. The lowest BCUT2D eigenvalue weighted by atomic mass is 9.96. The molecule has 0 heterocycles. The van der Waals surface area contributed by atoms with Gasteiger partial charge in [0.25, 0.3) is 0 Å². The molecule has 0 aliphatic rings. The number of sulfonamides is 1. The van der Waals surface area contributed by atoms with Crippen LogP contribution in [0.3, 0.4) is 0 Å². The summed E-state index contributed by atoms with van der Waals surface area (Å²) in [5.74, 6) is -0.394. The van der Waals surface area contributed by atoms with Gasteiger partial charge in [-0.3, -0.25) is 4.79 Å². The fourth-order valence-electron chi connectivity index (χ4n) is 2.35. The fraction of sp³-hybridized carbons (Fsp3) is 0.500. The minimum Gasteiger partial charge on any atom is -0.398 e. The molecular weight excluding hydrogens is 290 g/mol. The highest BCUT2D eigenvalue weighted by Crippen LogP contribution is 2.22. The van der Waals surface area contributed by atoms with Crippen LogP contribution in [0.2, 0.25) is 0 Å². The van der Waals surface area contributed by atoms with E-state index >= 15 is 0 Å². The van der Waals surface area contributed by atoms with Crippen molar-refractivity contribution < 1.29 is 13.2 Å². The molecule has 0 spiro atoms. The lowest BCUT2D eigenvalue weighted by molar-refractivity contribution is 0.1000. The average molecular weight is 313 g/mol. The fourth-order valence-corrected chi connectivity index (χ4v) is 3.77. The molecule has 21 heavy (non-hydrogen) atoms. The molecule has 0 aliphatic heterocycles. The summed E-state index contributed by atoms with van der Waals surface area (Å²) in [7, 11) is -3.72. The Morgan fingerprint density at radius 2 is 1.86 bits per heavy atom. The predicted molar refractivity (Wildman–Crippen MR) is 83.2 cm³/mol. The zero-order chi connectivity index (χ0) is 16.2. The second-order valence-corrected chi connectivity index (χ2v) is 6.79. The third-order valence-corrected chi connectivity index (χ3v) is 5.31. The molecule has 0 saturated carbocycles. The number of carbonyl (C=O) groups is 1. The second-order valence-electron chi connectivity index (χ2n) is 5.10. The number of nitrogens with two attached hydrogens (primary N) is 2. The SMILES string of the molecule is CCC(CC)C(C)NS(=O)(=O)c1ccc(C(N)=O)cc1N. The number of amides is 1. The van der Waals surface area contributed by atoms with Crippen molar-refractivity contribution in [2.24, 2.45) is 11.7 Å². The van der Waals surface area contributed by atoms with Crippen LogP contribution in [-0.4, -0.2) is 20.4 Å². The lowest BCUT2D eigenvalue weighted by Crippen LogP contribution is -2.38. The van der Waals surface area contributed by atoms with Crippen LogP contribution in [0.1, 0.15) is 44.0 Å². The van der Waals surface area contributed by atoms with E-state index in [1.165, 1.54) is 18.2 Å². The smallest absolute Gasteiger partial charge is 0.248 e. The summed E-state index contributed by atoms with van der Waals surface area (Å²) in [4.78, 5) is 11.0. The molecule has 0 saturated heterocycles. The van der Waals surface area contributed by atoms with Gasteiger partial charge in [-0.1, -0.05) is 26.7 Å². The first-order chi connectivity index (χ1) is 9.72. The van der Waals surface area contributed by atoms with E-state index in [2.05, 4.69) is 4.72 Å². The zero-order valence-electron chi connectivity index (χ0n) is 12.6. The van der Waals surface area contributed by atoms with Crippen LogP contribution >= 0.6 is 0 Å². The molecule has 1 aromatic rings. The number of hydrogen-bond acceptors (Lipinski definition) is 4. The van der Waals surface area contributed by atoms with Crippen LogP contribution in [0.15, 0.2) is 23.1 Å². The summed E-state index contributed by atoms with van der Waals surface area (Å²) < 4.78 is 27.4. The Bertz CT molecular complexity index is 610. The quantitative estimate of drug-likeness (QED) is 0.661. The summed E-state index contributed by atoms with van der Waals surface area (Å²) in [6.45, 7) is 5.88. The van der Waals surface area contributed by atoms with E-state index < -0.39 is 15.9 Å². The van der Waals surface area contributed by atoms with Crippen molar-refractivity contribution in [1.29, 1.82) is 0 Å². The zero-order valence-corrected chi connectivity index (χ0v) is 13.4. The van der Waals surface area contributed by atoms with Crippen molar-refractivity contribution in [3.63, 3.8) is 0 Å². The topological polar surface area (TPSA) is 115 Å². The van der Waals surface area contributed by atoms with E-state index in [9.17, 15) is 13.2 Å². The number of anilines is 1. The molecule has 1 aromatic carbocycles. The Balaban J connectivity index is 3.06. The van der Waals surface area contributed by atoms with Crippen LogP contribution in [0.25, 0.3) is 0 Å². The van der Waals surface area contributed by atoms with Gasteiger partial charge in [-0.05, 0) is 31.0 Å². The molecule has 118 valence electrons. The van der Waals surface area contributed by atoms with Crippen molar-refractivity contribution in [3.05, 3.63) is 23.8 Å². The molecule has 6 nitrogen and oxygen atoms in total. The van der Waals surface area contributed by atoms with Gasteiger partial charge in [-0.2, -0.15) is 0 Å². The Hall–Kier alpha value is -1.60. The van der Waals surface area contributed by atoms with Crippen molar-refractivity contribution >= 4 is 21.6 Å². The first kappa shape index (κ1) is 17.5. The molecule has 1 rings (SSSR count).